The number of aryl methyl sites for hydroxylation is 1. The van der Waals surface area contributed by atoms with E-state index in [4.69, 9.17) is 9.47 Å². The standard InChI is InChI=1S/C15H19NO4/c1-11-5-2-3-7-13(11)15(18)20-10-14(17)16-9-12-6-4-8-19-12/h2-3,5,7,12H,4,6,8-10H2,1H3,(H,16,17). The molecule has 0 radical (unpaired) electrons. The third kappa shape index (κ3) is 4.06. The van der Waals surface area contributed by atoms with Crippen LogP contribution in [0.2, 0.25) is 0 Å². The summed E-state index contributed by atoms with van der Waals surface area (Å²) in [5.74, 6) is -0.780. The number of carbonyl (C=O) groups excluding carboxylic acids is 2. The van der Waals surface area contributed by atoms with Crippen LogP contribution in [-0.4, -0.2) is 37.7 Å². The molecule has 5 heteroatoms. The minimum Gasteiger partial charge on any atom is -0.452 e. The van der Waals surface area contributed by atoms with E-state index in [1.54, 1.807) is 12.1 Å². The van der Waals surface area contributed by atoms with E-state index in [9.17, 15) is 9.59 Å². The molecule has 1 N–H and O–H groups in total. The minimum atomic E-state index is -0.477. The van der Waals surface area contributed by atoms with E-state index in [1.165, 1.54) is 0 Å². The molecule has 108 valence electrons. The number of rotatable bonds is 5. The highest BCUT2D eigenvalue weighted by Gasteiger charge is 2.17. The summed E-state index contributed by atoms with van der Waals surface area (Å²) in [6.45, 7) is 2.79. The molecule has 2 rings (SSSR count). The van der Waals surface area contributed by atoms with Crippen LogP contribution in [-0.2, 0) is 14.3 Å². The number of nitrogens with one attached hydrogen (secondary N) is 1. The summed E-state index contributed by atoms with van der Waals surface area (Å²) in [6, 6.07) is 7.12. The fraction of sp³-hybridized carbons (Fsp3) is 0.467. The van der Waals surface area contributed by atoms with Crippen LogP contribution in [0.4, 0.5) is 0 Å². The molecule has 1 fully saturated rings. The molecule has 1 atom stereocenters. The Morgan fingerprint density at radius 1 is 1.40 bits per heavy atom. The van der Waals surface area contributed by atoms with Crippen molar-refractivity contribution >= 4 is 11.9 Å². The highest BCUT2D eigenvalue weighted by Crippen LogP contribution is 2.10. The van der Waals surface area contributed by atoms with E-state index >= 15 is 0 Å². The van der Waals surface area contributed by atoms with Crippen LogP contribution in [0.1, 0.15) is 28.8 Å². The summed E-state index contributed by atoms with van der Waals surface area (Å²) in [6.07, 6.45) is 2.08. The maximum atomic E-state index is 11.8. The van der Waals surface area contributed by atoms with Crippen molar-refractivity contribution in [3.8, 4) is 0 Å². The van der Waals surface area contributed by atoms with Gasteiger partial charge in [0.15, 0.2) is 6.61 Å². The third-order valence-electron chi connectivity index (χ3n) is 3.25. The minimum absolute atomic E-state index is 0.0889. The van der Waals surface area contributed by atoms with Gasteiger partial charge in [-0.3, -0.25) is 4.79 Å². The monoisotopic (exact) mass is 277 g/mol. The molecule has 0 aliphatic carbocycles. The van der Waals surface area contributed by atoms with Gasteiger partial charge >= 0.3 is 5.97 Å². The zero-order valence-corrected chi connectivity index (χ0v) is 11.6. The predicted molar refractivity (Wildman–Crippen MR) is 73.4 cm³/mol. The van der Waals surface area contributed by atoms with Crippen molar-refractivity contribution in [2.45, 2.75) is 25.9 Å². The molecule has 1 aromatic rings. The Labute approximate surface area is 118 Å². The molecule has 20 heavy (non-hydrogen) atoms. The number of esters is 1. The molecule has 1 aliphatic heterocycles. The lowest BCUT2D eigenvalue weighted by Crippen LogP contribution is -2.34. The lowest BCUT2D eigenvalue weighted by atomic mass is 10.1. The zero-order chi connectivity index (χ0) is 14.4. The number of hydrogen-bond acceptors (Lipinski definition) is 4. The van der Waals surface area contributed by atoms with Gasteiger partial charge in [-0.05, 0) is 31.4 Å². The largest absolute Gasteiger partial charge is 0.452 e. The van der Waals surface area contributed by atoms with Crippen LogP contribution in [0.3, 0.4) is 0 Å². The van der Waals surface area contributed by atoms with E-state index in [2.05, 4.69) is 5.32 Å². The average molecular weight is 277 g/mol. The van der Waals surface area contributed by atoms with Crippen molar-refractivity contribution in [2.24, 2.45) is 0 Å². The van der Waals surface area contributed by atoms with Gasteiger partial charge in [-0.15, -0.1) is 0 Å². The van der Waals surface area contributed by atoms with Crippen LogP contribution in [0.15, 0.2) is 24.3 Å². The van der Waals surface area contributed by atoms with E-state index in [1.807, 2.05) is 19.1 Å². The first-order chi connectivity index (χ1) is 9.66. The smallest absolute Gasteiger partial charge is 0.338 e. The maximum absolute atomic E-state index is 11.8. The fourth-order valence-electron chi connectivity index (χ4n) is 2.09. The number of benzene rings is 1. The van der Waals surface area contributed by atoms with Crippen molar-refractivity contribution < 1.29 is 19.1 Å². The summed E-state index contributed by atoms with van der Waals surface area (Å²) in [4.78, 5) is 23.4. The van der Waals surface area contributed by atoms with Gasteiger partial charge in [0.25, 0.3) is 5.91 Å². The second kappa shape index (κ2) is 7.05. The molecule has 1 saturated heterocycles. The van der Waals surface area contributed by atoms with Gasteiger partial charge < -0.3 is 14.8 Å². The van der Waals surface area contributed by atoms with Crippen molar-refractivity contribution in [3.05, 3.63) is 35.4 Å². The molecule has 0 bridgehead atoms. The second-order valence-electron chi connectivity index (χ2n) is 4.83. The Hall–Kier alpha value is -1.88. The Bertz CT molecular complexity index is 481. The topological polar surface area (TPSA) is 64.6 Å². The predicted octanol–water partition coefficient (Wildman–Crippen LogP) is 1.45. The second-order valence-corrected chi connectivity index (χ2v) is 4.83. The molecule has 0 saturated carbocycles. The third-order valence-corrected chi connectivity index (χ3v) is 3.25. The summed E-state index contributed by atoms with van der Waals surface area (Å²) in [7, 11) is 0. The molecule has 1 aromatic carbocycles. The van der Waals surface area contributed by atoms with E-state index < -0.39 is 5.97 Å². The van der Waals surface area contributed by atoms with Crippen molar-refractivity contribution in [1.82, 2.24) is 5.32 Å². The van der Waals surface area contributed by atoms with Gasteiger partial charge in [0, 0.05) is 13.2 Å². The van der Waals surface area contributed by atoms with E-state index in [0.29, 0.717) is 12.1 Å². The Kier molecular flexibility index (Phi) is 5.12. The van der Waals surface area contributed by atoms with Crippen molar-refractivity contribution in [2.75, 3.05) is 19.8 Å². The molecular weight excluding hydrogens is 258 g/mol. The summed E-state index contributed by atoms with van der Waals surface area (Å²) >= 11 is 0. The Morgan fingerprint density at radius 3 is 2.90 bits per heavy atom. The van der Waals surface area contributed by atoms with Gasteiger partial charge in [0.2, 0.25) is 0 Å². The van der Waals surface area contributed by atoms with Gasteiger partial charge in [0.1, 0.15) is 0 Å². The molecule has 1 unspecified atom stereocenters. The van der Waals surface area contributed by atoms with Crippen LogP contribution in [0.25, 0.3) is 0 Å². The first-order valence-corrected chi connectivity index (χ1v) is 6.78. The number of carbonyl (C=O) groups is 2. The molecule has 1 aliphatic rings. The van der Waals surface area contributed by atoms with E-state index in [0.717, 1.165) is 25.0 Å². The summed E-state index contributed by atoms with van der Waals surface area (Å²) in [5, 5.41) is 2.70. The zero-order valence-electron chi connectivity index (χ0n) is 11.6. The van der Waals surface area contributed by atoms with Crippen LogP contribution in [0.5, 0.6) is 0 Å². The number of hydrogen-bond donors (Lipinski definition) is 1. The SMILES string of the molecule is Cc1ccccc1C(=O)OCC(=O)NCC1CCCO1. The normalized spacial score (nSPS) is 17.8. The lowest BCUT2D eigenvalue weighted by Gasteiger charge is -2.11. The quantitative estimate of drug-likeness (QED) is 0.827. The fourth-order valence-corrected chi connectivity index (χ4v) is 2.09. The molecule has 1 amide bonds. The van der Waals surface area contributed by atoms with Crippen LogP contribution < -0.4 is 5.32 Å². The maximum Gasteiger partial charge on any atom is 0.338 e. The van der Waals surface area contributed by atoms with Crippen LogP contribution >= 0.6 is 0 Å². The Balaban J connectivity index is 1.72. The first kappa shape index (κ1) is 14.5. The average Bonchev–Trinajstić information content (AvgIpc) is 2.96. The van der Waals surface area contributed by atoms with E-state index in [-0.39, 0.29) is 18.6 Å². The molecule has 0 aromatic heterocycles. The number of amides is 1. The van der Waals surface area contributed by atoms with Gasteiger partial charge in [-0.2, -0.15) is 0 Å². The Morgan fingerprint density at radius 2 is 2.20 bits per heavy atom. The van der Waals surface area contributed by atoms with Gasteiger partial charge in [0.05, 0.1) is 11.7 Å². The molecular formula is C15H19NO4. The van der Waals surface area contributed by atoms with Crippen LogP contribution in [0, 0.1) is 6.92 Å². The van der Waals surface area contributed by atoms with Crippen molar-refractivity contribution in [1.29, 1.82) is 0 Å². The van der Waals surface area contributed by atoms with Gasteiger partial charge in [-0.25, -0.2) is 4.79 Å². The first-order valence-electron chi connectivity index (χ1n) is 6.78. The van der Waals surface area contributed by atoms with Gasteiger partial charge in [-0.1, -0.05) is 18.2 Å². The summed E-state index contributed by atoms with van der Waals surface area (Å²) in [5.41, 5.74) is 1.32. The molecule has 0 spiro atoms. The highest BCUT2D eigenvalue weighted by molar-refractivity contribution is 5.92. The van der Waals surface area contributed by atoms with Crippen molar-refractivity contribution in [3.63, 3.8) is 0 Å². The summed E-state index contributed by atoms with van der Waals surface area (Å²) < 4.78 is 10.4. The molecule has 1 heterocycles. The molecule has 5 nitrogen and oxygen atoms in total. The lowest BCUT2D eigenvalue weighted by molar-refractivity contribution is -0.124. The highest BCUT2D eigenvalue weighted by atomic mass is 16.5. The number of ether oxygens (including phenoxy) is 2.